The molecule has 0 aliphatic heterocycles. The van der Waals surface area contributed by atoms with Crippen LogP contribution in [0.25, 0.3) is 0 Å². The van der Waals surface area contributed by atoms with E-state index in [2.05, 4.69) is 0 Å². The monoisotopic (exact) mass is 199 g/mol. The van der Waals surface area contributed by atoms with Crippen molar-refractivity contribution in [1.29, 1.82) is 0 Å². The van der Waals surface area contributed by atoms with E-state index in [-0.39, 0.29) is 16.3 Å². The van der Waals surface area contributed by atoms with Gasteiger partial charge in [-0.1, -0.05) is 11.6 Å². The van der Waals surface area contributed by atoms with Gasteiger partial charge in [-0.05, 0) is 18.6 Å². The molecule has 0 heterocycles. The van der Waals surface area contributed by atoms with E-state index in [1.54, 1.807) is 6.92 Å². The molecule has 0 saturated heterocycles. The van der Waals surface area contributed by atoms with Crippen LogP contribution in [0, 0.1) is 17.0 Å². The van der Waals surface area contributed by atoms with Crippen LogP contribution in [0.4, 0.5) is 5.69 Å². The molecule has 0 amide bonds. The standard InChI is InChI=1S/C8H6ClNO3/c1-5-2-6(4-11)8(10(12)13)3-7(5)9/h2-4H,1H3. The summed E-state index contributed by atoms with van der Waals surface area (Å²) in [7, 11) is 0. The van der Waals surface area contributed by atoms with Crippen molar-refractivity contribution < 1.29 is 9.72 Å². The second kappa shape index (κ2) is 3.53. The molecule has 1 aromatic carbocycles. The molecule has 0 spiro atoms. The molecule has 68 valence electrons. The van der Waals surface area contributed by atoms with Gasteiger partial charge in [-0.25, -0.2) is 0 Å². The third kappa shape index (κ3) is 1.84. The molecule has 1 rings (SSSR count). The Bertz CT molecular complexity index is 376. The highest BCUT2D eigenvalue weighted by atomic mass is 35.5. The molecular weight excluding hydrogens is 194 g/mol. The average Bonchev–Trinajstić information content (AvgIpc) is 2.08. The number of rotatable bonds is 2. The van der Waals surface area contributed by atoms with Crippen LogP contribution in [0.1, 0.15) is 15.9 Å². The molecule has 0 atom stereocenters. The Labute approximate surface area is 79.3 Å². The number of aldehydes is 1. The Hall–Kier alpha value is -1.42. The van der Waals surface area contributed by atoms with Crippen molar-refractivity contribution in [3.05, 3.63) is 38.4 Å². The Kier molecular flexibility index (Phi) is 2.63. The maximum absolute atomic E-state index is 10.4. The van der Waals surface area contributed by atoms with Gasteiger partial charge in [0.1, 0.15) is 0 Å². The van der Waals surface area contributed by atoms with Gasteiger partial charge in [0.15, 0.2) is 6.29 Å². The van der Waals surface area contributed by atoms with Crippen molar-refractivity contribution >= 4 is 23.6 Å². The van der Waals surface area contributed by atoms with E-state index in [0.717, 1.165) is 0 Å². The van der Waals surface area contributed by atoms with E-state index in [9.17, 15) is 14.9 Å². The predicted octanol–water partition coefficient (Wildman–Crippen LogP) is 2.37. The zero-order valence-corrected chi connectivity index (χ0v) is 7.54. The SMILES string of the molecule is Cc1cc(C=O)c([N+](=O)[O-])cc1Cl. The zero-order chi connectivity index (χ0) is 10.0. The van der Waals surface area contributed by atoms with Gasteiger partial charge < -0.3 is 0 Å². The Balaban J connectivity index is 3.41. The van der Waals surface area contributed by atoms with Crippen molar-refractivity contribution in [1.82, 2.24) is 0 Å². The predicted molar refractivity (Wildman–Crippen MR) is 48.2 cm³/mol. The highest BCUT2D eigenvalue weighted by Crippen LogP contribution is 2.25. The maximum Gasteiger partial charge on any atom is 0.281 e. The lowest BCUT2D eigenvalue weighted by atomic mass is 10.1. The number of aryl methyl sites for hydroxylation is 1. The second-order valence-corrected chi connectivity index (χ2v) is 2.94. The van der Waals surface area contributed by atoms with Crippen molar-refractivity contribution in [2.75, 3.05) is 0 Å². The van der Waals surface area contributed by atoms with Gasteiger partial charge in [-0.2, -0.15) is 0 Å². The minimum Gasteiger partial charge on any atom is -0.298 e. The second-order valence-electron chi connectivity index (χ2n) is 2.54. The van der Waals surface area contributed by atoms with E-state index in [1.807, 2.05) is 0 Å². The minimum atomic E-state index is -0.630. The molecule has 0 bridgehead atoms. The Morgan fingerprint density at radius 3 is 2.62 bits per heavy atom. The van der Waals surface area contributed by atoms with Gasteiger partial charge in [-0.3, -0.25) is 14.9 Å². The number of carbonyl (C=O) groups is 1. The van der Waals surface area contributed by atoms with Crippen LogP contribution in [0.2, 0.25) is 5.02 Å². The largest absolute Gasteiger partial charge is 0.298 e. The third-order valence-electron chi connectivity index (χ3n) is 1.63. The first-order valence-corrected chi connectivity index (χ1v) is 3.83. The van der Waals surface area contributed by atoms with Crippen LogP contribution in [-0.4, -0.2) is 11.2 Å². The molecule has 0 radical (unpaired) electrons. The third-order valence-corrected chi connectivity index (χ3v) is 2.04. The van der Waals surface area contributed by atoms with E-state index in [1.165, 1.54) is 12.1 Å². The topological polar surface area (TPSA) is 60.2 Å². The number of hydrogen-bond donors (Lipinski definition) is 0. The molecule has 0 saturated carbocycles. The number of carbonyl (C=O) groups excluding carboxylic acids is 1. The van der Waals surface area contributed by atoms with Crippen LogP contribution in [0.15, 0.2) is 12.1 Å². The normalized spacial score (nSPS) is 9.69. The van der Waals surface area contributed by atoms with Crippen molar-refractivity contribution in [2.24, 2.45) is 0 Å². The molecule has 0 unspecified atom stereocenters. The van der Waals surface area contributed by atoms with E-state index in [0.29, 0.717) is 11.8 Å². The summed E-state index contributed by atoms with van der Waals surface area (Å²) in [5.41, 5.74) is 0.437. The number of nitro benzene ring substituents is 1. The van der Waals surface area contributed by atoms with E-state index >= 15 is 0 Å². The molecule has 0 fully saturated rings. The summed E-state index contributed by atoms with van der Waals surface area (Å²) < 4.78 is 0. The lowest BCUT2D eigenvalue weighted by molar-refractivity contribution is -0.385. The fraction of sp³-hybridized carbons (Fsp3) is 0.125. The molecule has 1 aromatic rings. The summed E-state index contributed by atoms with van der Waals surface area (Å²) >= 11 is 5.67. The molecular formula is C8H6ClNO3. The van der Waals surface area contributed by atoms with Gasteiger partial charge in [0, 0.05) is 6.07 Å². The van der Waals surface area contributed by atoms with E-state index in [4.69, 9.17) is 11.6 Å². The number of hydrogen-bond acceptors (Lipinski definition) is 3. The Morgan fingerprint density at radius 1 is 1.54 bits per heavy atom. The average molecular weight is 200 g/mol. The number of nitrogens with zero attached hydrogens (tertiary/aromatic N) is 1. The van der Waals surface area contributed by atoms with E-state index < -0.39 is 4.92 Å². The fourth-order valence-electron chi connectivity index (χ4n) is 0.946. The summed E-state index contributed by atoms with van der Waals surface area (Å²) in [6.07, 6.45) is 0.446. The number of nitro groups is 1. The molecule has 0 aromatic heterocycles. The summed E-state index contributed by atoms with van der Waals surface area (Å²) in [6.45, 7) is 1.68. The van der Waals surface area contributed by atoms with Crippen molar-refractivity contribution in [2.45, 2.75) is 6.92 Å². The fourth-order valence-corrected chi connectivity index (χ4v) is 1.10. The van der Waals surface area contributed by atoms with Crippen LogP contribution in [0.5, 0.6) is 0 Å². The first kappa shape index (κ1) is 9.67. The van der Waals surface area contributed by atoms with Crippen LogP contribution >= 0.6 is 11.6 Å². The van der Waals surface area contributed by atoms with Crippen LogP contribution < -0.4 is 0 Å². The zero-order valence-electron chi connectivity index (χ0n) is 6.78. The van der Waals surface area contributed by atoms with Gasteiger partial charge in [0.2, 0.25) is 0 Å². The first-order valence-electron chi connectivity index (χ1n) is 3.46. The lowest BCUT2D eigenvalue weighted by Crippen LogP contribution is -1.95. The molecule has 13 heavy (non-hydrogen) atoms. The molecule has 5 heteroatoms. The van der Waals surface area contributed by atoms with Crippen LogP contribution in [0.3, 0.4) is 0 Å². The van der Waals surface area contributed by atoms with Gasteiger partial charge >= 0.3 is 0 Å². The molecule has 4 nitrogen and oxygen atoms in total. The summed E-state index contributed by atoms with van der Waals surface area (Å²) in [5.74, 6) is 0. The van der Waals surface area contributed by atoms with Gasteiger partial charge in [0.25, 0.3) is 5.69 Å². The molecule has 0 aliphatic carbocycles. The maximum atomic E-state index is 10.4. The van der Waals surface area contributed by atoms with Crippen molar-refractivity contribution in [3.8, 4) is 0 Å². The summed E-state index contributed by atoms with van der Waals surface area (Å²) in [4.78, 5) is 20.3. The first-order chi connectivity index (χ1) is 6.06. The summed E-state index contributed by atoms with van der Waals surface area (Å²) in [5, 5.41) is 10.7. The van der Waals surface area contributed by atoms with Gasteiger partial charge in [0.05, 0.1) is 15.5 Å². The smallest absolute Gasteiger partial charge is 0.281 e. The highest BCUT2D eigenvalue weighted by molar-refractivity contribution is 6.31. The minimum absolute atomic E-state index is 0.0481. The number of halogens is 1. The van der Waals surface area contributed by atoms with Crippen LogP contribution in [-0.2, 0) is 0 Å². The van der Waals surface area contributed by atoms with Crippen molar-refractivity contribution in [3.63, 3.8) is 0 Å². The van der Waals surface area contributed by atoms with Gasteiger partial charge in [-0.15, -0.1) is 0 Å². The number of benzene rings is 1. The lowest BCUT2D eigenvalue weighted by Gasteiger charge is -1.99. The quantitative estimate of drug-likeness (QED) is 0.417. The summed E-state index contributed by atoms with van der Waals surface area (Å²) in [6, 6.07) is 2.58. The molecule has 0 N–H and O–H groups in total. The highest BCUT2D eigenvalue weighted by Gasteiger charge is 2.14. The Morgan fingerprint density at radius 2 is 2.15 bits per heavy atom. The molecule has 0 aliphatic rings.